The molecular formula is C27H24F2N6O. The maximum atomic E-state index is 15.5. The predicted octanol–water partition coefficient (Wildman–Crippen LogP) is 5.36. The first-order valence-corrected chi connectivity index (χ1v) is 11.9. The highest BCUT2D eigenvalue weighted by Crippen LogP contribution is 2.42. The lowest BCUT2D eigenvalue weighted by molar-refractivity contribution is 0.0967. The second-order valence-electron chi connectivity index (χ2n) is 9.71. The number of hydrogen-bond acceptors (Lipinski definition) is 4. The van der Waals surface area contributed by atoms with Crippen molar-refractivity contribution in [1.29, 1.82) is 0 Å². The highest BCUT2D eigenvalue weighted by Gasteiger charge is 2.37. The molecule has 1 atom stereocenters. The van der Waals surface area contributed by atoms with E-state index in [1.807, 2.05) is 6.07 Å². The van der Waals surface area contributed by atoms with Gasteiger partial charge >= 0.3 is 0 Å². The Hall–Kier alpha value is -4.14. The molecule has 0 spiro atoms. The maximum absolute atomic E-state index is 15.5. The van der Waals surface area contributed by atoms with Crippen molar-refractivity contribution in [2.24, 2.45) is 0 Å². The van der Waals surface area contributed by atoms with Crippen LogP contribution in [0, 0.1) is 5.82 Å². The molecule has 1 fully saturated rings. The van der Waals surface area contributed by atoms with Gasteiger partial charge in [-0.3, -0.25) is 9.89 Å². The van der Waals surface area contributed by atoms with Crippen molar-refractivity contribution in [3.05, 3.63) is 89.2 Å². The second kappa shape index (κ2) is 8.22. The van der Waals surface area contributed by atoms with E-state index in [4.69, 9.17) is 0 Å². The van der Waals surface area contributed by atoms with E-state index in [1.165, 1.54) is 25.3 Å². The van der Waals surface area contributed by atoms with Crippen LogP contribution in [-0.4, -0.2) is 36.4 Å². The fraction of sp³-hybridized carbons (Fsp3) is 0.259. The first-order chi connectivity index (χ1) is 17.3. The number of hydrogen-bond donors (Lipinski definition) is 2. The summed E-state index contributed by atoms with van der Waals surface area (Å²) in [4.78, 5) is 17.7. The summed E-state index contributed by atoms with van der Waals surface area (Å²) in [5.74, 6) is 0.829. The van der Waals surface area contributed by atoms with Gasteiger partial charge in [0.15, 0.2) is 5.82 Å². The van der Waals surface area contributed by atoms with Gasteiger partial charge < -0.3 is 5.32 Å². The van der Waals surface area contributed by atoms with E-state index in [-0.39, 0.29) is 18.1 Å². The minimum Gasteiger partial charge on any atom is -0.322 e. The number of nitrogens with zero attached hydrogens (tertiary/aromatic N) is 4. The Morgan fingerprint density at radius 3 is 2.67 bits per heavy atom. The molecule has 1 unspecified atom stereocenters. The van der Waals surface area contributed by atoms with Crippen molar-refractivity contribution in [3.8, 4) is 11.1 Å². The summed E-state index contributed by atoms with van der Waals surface area (Å²) in [6, 6.07) is 9.84. The number of halogens is 2. The molecule has 4 aromatic rings. The van der Waals surface area contributed by atoms with Crippen LogP contribution >= 0.6 is 0 Å². The first-order valence-electron chi connectivity index (χ1n) is 11.9. The SMILES string of the molecule is CC1=C(NC(=O)c2cnn3cc(-c4ccc(F)cc4)ccc23)C=C(c2n[nH]c(C3CC3)n2)C(C)(F)C1. The van der Waals surface area contributed by atoms with E-state index in [9.17, 15) is 9.18 Å². The van der Waals surface area contributed by atoms with Crippen LogP contribution in [0.3, 0.4) is 0 Å². The van der Waals surface area contributed by atoms with Gasteiger partial charge in [0.25, 0.3) is 5.91 Å². The first kappa shape index (κ1) is 22.3. The molecule has 7 nitrogen and oxygen atoms in total. The summed E-state index contributed by atoms with van der Waals surface area (Å²) in [5.41, 5.74) is 2.64. The van der Waals surface area contributed by atoms with Crippen LogP contribution in [0.25, 0.3) is 22.2 Å². The molecule has 0 radical (unpaired) electrons. The summed E-state index contributed by atoms with van der Waals surface area (Å²) < 4.78 is 30.4. The highest BCUT2D eigenvalue weighted by molar-refractivity contribution is 6.02. The van der Waals surface area contributed by atoms with Crippen molar-refractivity contribution in [1.82, 2.24) is 30.1 Å². The third-order valence-electron chi connectivity index (χ3n) is 6.80. The summed E-state index contributed by atoms with van der Waals surface area (Å²) in [7, 11) is 0. The fourth-order valence-corrected chi connectivity index (χ4v) is 4.64. The summed E-state index contributed by atoms with van der Waals surface area (Å²) in [6.07, 6.45) is 7.17. The summed E-state index contributed by atoms with van der Waals surface area (Å²) in [6.45, 7) is 3.32. The average Bonchev–Trinajstić information content (AvgIpc) is 3.42. The molecule has 0 aliphatic heterocycles. The zero-order valence-corrected chi connectivity index (χ0v) is 19.8. The van der Waals surface area contributed by atoms with E-state index in [0.717, 1.165) is 35.4 Å². The minimum absolute atomic E-state index is 0.123. The van der Waals surface area contributed by atoms with Crippen molar-refractivity contribution in [2.75, 3.05) is 0 Å². The molecule has 36 heavy (non-hydrogen) atoms. The van der Waals surface area contributed by atoms with Crippen LogP contribution < -0.4 is 5.32 Å². The molecule has 6 rings (SSSR count). The Balaban J connectivity index is 1.28. The van der Waals surface area contributed by atoms with Gasteiger partial charge in [0, 0.05) is 35.4 Å². The molecule has 2 aliphatic rings. The van der Waals surface area contributed by atoms with Crippen LogP contribution in [0.15, 0.2) is 66.1 Å². The number of carbonyl (C=O) groups is 1. The minimum atomic E-state index is -1.65. The monoisotopic (exact) mass is 486 g/mol. The number of rotatable bonds is 5. The number of alkyl halides is 1. The molecule has 2 N–H and O–H groups in total. The number of pyridine rings is 1. The van der Waals surface area contributed by atoms with Gasteiger partial charge in [0.05, 0.1) is 17.3 Å². The van der Waals surface area contributed by atoms with Crippen molar-refractivity contribution in [2.45, 2.75) is 44.7 Å². The zero-order valence-electron chi connectivity index (χ0n) is 19.8. The molecule has 1 aromatic carbocycles. The molecule has 1 amide bonds. The standard InChI is InChI=1S/C27H24F2N6O/c1-15-12-27(2,29)21(25-32-24(33-34-25)17-3-4-17)11-22(15)31-26(36)20-13-30-35-14-18(7-10-23(20)35)16-5-8-19(28)9-6-16/h5-11,13-14,17H,3-4,12H2,1-2H3,(H,31,36)(H,32,33,34). The Bertz CT molecular complexity index is 1560. The summed E-state index contributed by atoms with van der Waals surface area (Å²) >= 11 is 0. The number of aromatic amines is 1. The number of aromatic nitrogens is 5. The molecule has 1 saturated carbocycles. The largest absolute Gasteiger partial charge is 0.322 e. The van der Waals surface area contributed by atoms with Crippen molar-refractivity contribution < 1.29 is 13.6 Å². The number of nitrogens with one attached hydrogen (secondary N) is 2. The lowest BCUT2D eigenvalue weighted by Gasteiger charge is -2.28. The number of H-pyrrole nitrogens is 1. The number of amides is 1. The topological polar surface area (TPSA) is 88.0 Å². The second-order valence-corrected chi connectivity index (χ2v) is 9.71. The van der Waals surface area contributed by atoms with Gasteiger partial charge in [-0.15, -0.1) is 0 Å². The van der Waals surface area contributed by atoms with E-state index < -0.39 is 5.67 Å². The van der Waals surface area contributed by atoms with Gasteiger partial charge in [-0.1, -0.05) is 18.2 Å². The average molecular weight is 487 g/mol. The Labute approximate surface area is 205 Å². The number of allylic oxidation sites excluding steroid dienone is 3. The fourth-order valence-electron chi connectivity index (χ4n) is 4.64. The molecule has 9 heteroatoms. The zero-order chi connectivity index (χ0) is 25.0. The van der Waals surface area contributed by atoms with E-state index in [1.54, 1.807) is 41.9 Å². The number of benzene rings is 1. The van der Waals surface area contributed by atoms with E-state index >= 15 is 4.39 Å². The highest BCUT2D eigenvalue weighted by atomic mass is 19.1. The van der Waals surface area contributed by atoms with Crippen LogP contribution in [0.1, 0.15) is 61.0 Å². The third-order valence-corrected chi connectivity index (χ3v) is 6.80. The van der Waals surface area contributed by atoms with E-state index in [2.05, 4.69) is 25.6 Å². The molecule has 182 valence electrons. The lowest BCUT2D eigenvalue weighted by Crippen LogP contribution is -2.30. The quantitative estimate of drug-likeness (QED) is 0.398. The van der Waals surface area contributed by atoms with Gasteiger partial charge in [-0.2, -0.15) is 10.2 Å². The van der Waals surface area contributed by atoms with Crippen molar-refractivity contribution >= 4 is 17.0 Å². The molecule has 2 aliphatic carbocycles. The Morgan fingerprint density at radius 2 is 1.92 bits per heavy atom. The molecule has 3 heterocycles. The lowest BCUT2D eigenvalue weighted by atomic mass is 9.84. The predicted molar refractivity (Wildman–Crippen MR) is 131 cm³/mol. The van der Waals surface area contributed by atoms with Gasteiger partial charge in [-0.25, -0.2) is 18.3 Å². The molecular weight excluding hydrogens is 462 g/mol. The van der Waals surface area contributed by atoms with Gasteiger partial charge in [0.1, 0.15) is 17.3 Å². The number of fused-ring (bicyclic) bond motifs is 1. The maximum Gasteiger partial charge on any atom is 0.259 e. The molecule has 3 aromatic heterocycles. The molecule has 0 saturated heterocycles. The smallest absolute Gasteiger partial charge is 0.259 e. The van der Waals surface area contributed by atoms with Crippen molar-refractivity contribution in [3.63, 3.8) is 0 Å². The van der Waals surface area contributed by atoms with Crippen LogP contribution in [0.2, 0.25) is 0 Å². The van der Waals surface area contributed by atoms with Gasteiger partial charge in [-0.05, 0) is 62.1 Å². The van der Waals surface area contributed by atoms with Gasteiger partial charge in [0.2, 0.25) is 0 Å². The van der Waals surface area contributed by atoms with Crippen LogP contribution in [-0.2, 0) is 0 Å². The van der Waals surface area contributed by atoms with Crippen LogP contribution in [0.5, 0.6) is 0 Å². The van der Waals surface area contributed by atoms with E-state index in [0.29, 0.717) is 34.1 Å². The molecule has 0 bridgehead atoms. The number of carbonyl (C=O) groups excluding carboxylic acids is 1. The normalized spacial score (nSPS) is 20.1. The summed E-state index contributed by atoms with van der Waals surface area (Å²) in [5, 5.41) is 14.4. The Morgan fingerprint density at radius 1 is 1.17 bits per heavy atom. The Kier molecular flexibility index (Phi) is 5.10. The third kappa shape index (κ3) is 4.00. The van der Waals surface area contributed by atoms with Crippen LogP contribution in [0.4, 0.5) is 8.78 Å².